The number of nitro benzene ring substituents is 1. The van der Waals surface area contributed by atoms with Crippen LogP contribution >= 0.6 is 11.8 Å². The normalized spacial score (nSPS) is 16.8. The molecule has 0 aliphatic carbocycles. The van der Waals surface area contributed by atoms with E-state index in [1.54, 1.807) is 41.3 Å². The highest BCUT2D eigenvalue weighted by Crippen LogP contribution is 2.35. The van der Waals surface area contributed by atoms with E-state index in [1.807, 2.05) is 6.92 Å². The van der Waals surface area contributed by atoms with E-state index < -0.39 is 16.1 Å². The lowest BCUT2D eigenvalue weighted by Gasteiger charge is -2.28. The van der Waals surface area contributed by atoms with Crippen LogP contribution in [0.25, 0.3) is 6.08 Å². The van der Waals surface area contributed by atoms with Gasteiger partial charge in [-0.05, 0) is 60.2 Å². The first-order valence-corrected chi connectivity index (χ1v) is 12.4. The Balaban J connectivity index is 1.44. The number of hydrogen-bond acceptors (Lipinski definition) is 9. The van der Waals surface area contributed by atoms with Crippen LogP contribution in [0.3, 0.4) is 0 Å². The molecule has 4 rings (SSSR count). The average molecular weight is 528 g/mol. The summed E-state index contributed by atoms with van der Waals surface area (Å²) < 4.78 is 16.8. The van der Waals surface area contributed by atoms with Crippen LogP contribution in [0.5, 0.6) is 11.5 Å². The molecule has 37 heavy (non-hydrogen) atoms. The zero-order valence-electron chi connectivity index (χ0n) is 20.1. The molecule has 194 valence electrons. The lowest BCUT2D eigenvalue weighted by Crippen LogP contribution is -2.46. The van der Waals surface area contributed by atoms with Crippen LogP contribution in [-0.2, 0) is 20.9 Å². The van der Waals surface area contributed by atoms with Gasteiger partial charge in [-0.15, -0.1) is 0 Å². The van der Waals surface area contributed by atoms with Gasteiger partial charge in [0.25, 0.3) is 16.8 Å². The fourth-order valence-corrected chi connectivity index (χ4v) is 4.55. The quantitative estimate of drug-likeness (QED) is 0.273. The van der Waals surface area contributed by atoms with Crippen molar-refractivity contribution in [1.82, 2.24) is 9.80 Å². The van der Waals surface area contributed by atoms with E-state index in [0.717, 1.165) is 22.2 Å². The highest BCUT2D eigenvalue weighted by molar-refractivity contribution is 8.18. The Morgan fingerprint density at radius 2 is 1.84 bits per heavy atom. The Kier molecular flexibility index (Phi) is 8.41. The molecule has 12 heteroatoms. The van der Waals surface area contributed by atoms with Crippen molar-refractivity contribution in [1.29, 1.82) is 0 Å². The van der Waals surface area contributed by atoms with Crippen LogP contribution < -0.4 is 9.47 Å². The first-order valence-electron chi connectivity index (χ1n) is 11.6. The Morgan fingerprint density at radius 3 is 2.51 bits per heavy atom. The van der Waals surface area contributed by atoms with Gasteiger partial charge < -0.3 is 19.1 Å². The number of thioether (sulfide) groups is 1. The number of nitro groups is 1. The molecule has 2 aromatic carbocycles. The number of carbonyl (C=O) groups excluding carboxylic acids is 3. The monoisotopic (exact) mass is 527 g/mol. The topological polar surface area (TPSA) is 129 Å². The van der Waals surface area contributed by atoms with Crippen molar-refractivity contribution in [2.45, 2.75) is 13.5 Å². The average Bonchev–Trinajstić information content (AvgIpc) is 3.16. The van der Waals surface area contributed by atoms with Crippen LogP contribution in [0.1, 0.15) is 18.1 Å². The second-order valence-electron chi connectivity index (χ2n) is 8.11. The molecule has 2 aliphatic heterocycles. The maximum absolute atomic E-state index is 12.9. The lowest BCUT2D eigenvalue weighted by atomic mass is 10.1. The van der Waals surface area contributed by atoms with Crippen molar-refractivity contribution in [3.05, 3.63) is 68.6 Å². The molecule has 0 radical (unpaired) electrons. The minimum atomic E-state index is -0.520. The summed E-state index contributed by atoms with van der Waals surface area (Å²) >= 11 is 0.782. The van der Waals surface area contributed by atoms with E-state index >= 15 is 0 Å². The number of carbonyl (C=O) groups is 3. The van der Waals surface area contributed by atoms with Crippen LogP contribution in [0.4, 0.5) is 10.5 Å². The summed E-state index contributed by atoms with van der Waals surface area (Å²) in [4.78, 5) is 50.9. The lowest BCUT2D eigenvalue weighted by molar-refractivity contribution is -0.384. The van der Waals surface area contributed by atoms with Gasteiger partial charge in [-0.3, -0.25) is 29.4 Å². The molecule has 2 fully saturated rings. The summed E-state index contributed by atoms with van der Waals surface area (Å²) in [5, 5.41) is 10.3. The molecule has 2 heterocycles. The number of rotatable bonds is 9. The number of benzene rings is 2. The molecule has 11 nitrogen and oxygen atoms in total. The van der Waals surface area contributed by atoms with E-state index in [4.69, 9.17) is 14.2 Å². The molecular weight excluding hydrogens is 502 g/mol. The number of nitrogens with zero attached hydrogens (tertiary/aromatic N) is 3. The third-order valence-electron chi connectivity index (χ3n) is 5.64. The highest BCUT2D eigenvalue weighted by atomic mass is 32.2. The maximum atomic E-state index is 12.9. The molecule has 2 aliphatic rings. The summed E-state index contributed by atoms with van der Waals surface area (Å²) in [6, 6.07) is 11.2. The van der Waals surface area contributed by atoms with Crippen LogP contribution in [0, 0.1) is 10.1 Å². The number of ether oxygens (including phenoxy) is 3. The highest BCUT2D eigenvalue weighted by Gasteiger charge is 2.37. The minimum Gasteiger partial charge on any atom is -0.490 e. The number of imide groups is 1. The van der Waals surface area contributed by atoms with Crippen LogP contribution in [0.15, 0.2) is 47.4 Å². The Hall–Kier alpha value is -3.90. The van der Waals surface area contributed by atoms with Crippen molar-refractivity contribution in [2.24, 2.45) is 0 Å². The fourth-order valence-electron chi connectivity index (χ4n) is 3.71. The van der Waals surface area contributed by atoms with Gasteiger partial charge in [0.15, 0.2) is 11.5 Å². The predicted molar refractivity (Wildman–Crippen MR) is 135 cm³/mol. The number of non-ortho nitro benzene ring substituents is 1. The fraction of sp³-hybridized carbons (Fsp3) is 0.320. The summed E-state index contributed by atoms with van der Waals surface area (Å²) in [5.41, 5.74) is 1.37. The second-order valence-corrected chi connectivity index (χ2v) is 9.11. The van der Waals surface area contributed by atoms with Crippen molar-refractivity contribution < 1.29 is 33.5 Å². The molecule has 0 unspecified atom stereocenters. The van der Waals surface area contributed by atoms with Gasteiger partial charge in [-0.2, -0.15) is 0 Å². The van der Waals surface area contributed by atoms with Crippen LogP contribution in [0.2, 0.25) is 0 Å². The molecule has 0 N–H and O–H groups in total. The minimum absolute atomic E-state index is 0.00187. The predicted octanol–water partition coefficient (Wildman–Crippen LogP) is 3.47. The van der Waals surface area contributed by atoms with E-state index in [1.165, 1.54) is 12.1 Å². The van der Waals surface area contributed by atoms with Crippen molar-refractivity contribution in [3.8, 4) is 11.5 Å². The maximum Gasteiger partial charge on any atom is 0.294 e. The third kappa shape index (κ3) is 6.46. The molecule has 2 aromatic rings. The van der Waals surface area contributed by atoms with Gasteiger partial charge >= 0.3 is 0 Å². The molecule has 2 saturated heterocycles. The number of morpholine rings is 1. The zero-order chi connectivity index (χ0) is 26.4. The first-order chi connectivity index (χ1) is 17.9. The van der Waals surface area contributed by atoms with E-state index in [-0.39, 0.29) is 29.7 Å². The number of amides is 3. The van der Waals surface area contributed by atoms with Crippen molar-refractivity contribution in [3.63, 3.8) is 0 Å². The molecule has 0 spiro atoms. The first kappa shape index (κ1) is 26.2. The summed E-state index contributed by atoms with van der Waals surface area (Å²) in [6.07, 6.45) is 1.58. The van der Waals surface area contributed by atoms with E-state index in [9.17, 15) is 24.5 Å². The number of hydrogen-bond donors (Lipinski definition) is 0. The standard InChI is InChI=1S/C25H25N3O8S/c1-2-35-21-13-18(5-8-20(21)36-16-17-3-6-19(7-4-17)28(32)33)14-22-24(30)27(25(31)37-22)15-23(29)26-9-11-34-12-10-26/h3-8,13-14H,2,9-12,15-16H2,1H3/b22-14-. The molecule has 0 aromatic heterocycles. The molecule has 3 amide bonds. The summed E-state index contributed by atoms with van der Waals surface area (Å²) in [6.45, 7) is 3.80. The van der Waals surface area contributed by atoms with Gasteiger partial charge in [-0.1, -0.05) is 6.07 Å². The van der Waals surface area contributed by atoms with Gasteiger partial charge in [-0.25, -0.2) is 0 Å². The summed E-state index contributed by atoms with van der Waals surface area (Å²) in [7, 11) is 0. The molecule has 0 bridgehead atoms. The van der Waals surface area contributed by atoms with E-state index in [0.29, 0.717) is 50.0 Å². The third-order valence-corrected chi connectivity index (χ3v) is 6.55. The molecular formula is C25H25N3O8S. The van der Waals surface area contributed by atoms with Gasteiger partial charge in [0, 0.05) is 25.2 Å². The zero-order valence-corrected chi connectivity index (χ0v) is 20.9. The van der Waals surface area contributed by atoms with Gasteiger partial charge in [0.05, 0.1) is 29.6 Å². The van der Waals surface area contributed by atoms with Gasteiger partial charge in [0.1, 0.15) is 13.2 Å². The molecule has 0 atom stereocenters. The molecule has 0 saturated carbocycles. The Bertz CT molecular complexity index is 1220. The van der Waals surface area contributed by atoms with Crippen molar-refractivity contribution in [2.75, 3.05) is 39.5 Å². The summed E-state index contributed by atoms with van der Waals surface area (Å²) in [5.74, 6) is 0.0922. The Morgan fingerprint density at radius 1 is 1.11 bits per heavy atom. The SMILES string of the molecule is CCOc1cc(/C=C2\SC(=O)N(CC(=O)N3CCOCC3)C2=O)ccc1OCc1ccc([N+](=O)[O-])cc1. The van der Waals surface area contributed by atoms with Gasteiger partial charge in [0.2, 0.25) is 5.91 Å². The smallest absolute Gasteiger partial charge is 0.294 e. The Labute approximate surface area is 217 Å². The van der Waals surface area contributed by atoms with Crippen molar-refractivity contribution >= 4 is 40.6 Å². The van der Waals surface area contributed by atoms with Crippen LogP contribution in [-0.4, -0.2) is 71.2 Å². The largest absolute Gasteiger partial charge is 0.490 e. The van der Waals surface area contributed by atoms with E-state index in [2.05, 4.69) is 0 Å². The second kappa shape index (κ2) is 11.9.